The third kappa shape index (κ3) is 2.84. The van der Waals surface area contributed by atoms with Crippen LogP contribution in [0.4, 0.5) is 8.78 Å². The molecule has 0 N–H and O–H groups in total. The van der Waals surface area contributed by atoms with E-state index in [-0.39, 0.29) is 16.7 Å². The number of halogens is 3. The SMILES string of the molecule is COc1cc(-n2c(C)nc3c(Cl)nc(C)nc32)ccc1OC(F)F. The van der Waals surface area contributed by atoms with Gasteiger partial charge in [0.1, 0.15) is 17.2 Å². The zero-order valence-electron chi connectivity index (χ0n) is 13.0. The van der Waals surface area contributed by atoms with Gasteiger partial charge in [-0.05, 0) is 26.0 Å². The molecule has 0 spiro atoms. The molecule has 0 aliphatic heterocycles. The average molecular weight is 355 g/mol. The lowest BCUT2D eigenvalue weighted by Gasteiger charge is -2.13. The number of aryl methyl sites for hydroxylation is 2. The van der Waals surface area contributed by atoms with E-state index in [4.69, 9.17) is 16.3 Å². The van der Waals surface area contributed by atoms with Crippen molar-refractivity contribution in [1.82, 2.24) is 19.5 Å². The zero-order chi connectivity index (χ0) is 17.4. The quantitative estimate of drug-likeness (QED) is 0.668. The first-order valence-electron chi connectivity index (χ1n) is 6.93. The summed E-state index contributed by atoms with van der Waals surface area (Å²) < 4.78 is 36.2. The Bertz CT molecular complexity index is 914. The van der Waals surface area contributed by atoms with Crippen LogP contribution in [0.2, 0.25) is 5.15 Å². The molecule has 0 atom stereocenters. The van der Waals surface area contributed by atoms with Gasteiger partial charge < -0.3 is 9.47 Å². The minimum absolute atomic E-state index is 0.0536. The van der Waals surface area contributed by atoms with Crippen molar-refractivity contribution in [2.75, 3.05) is 7.11 Å². The highest BCUT2D eigenvalue weighted by molar-refractivity contribution is 6.33. The second-order valence-corrected chi connectivity index (χ2v) is 5.30. The van der Waals surface area contributed by atoms with Crippen LogP contribution in [0.25, 0.3) is 16.9 Å². The number of alkyl halides is 2. The molecule has 0 saturated heterocycles. The van der Waals surface area contributed by atoms with E-state index in [0.29, 0.717) is 28.5 Å². The minimum Gasteiger partial charge on any atom is -0.493 e. The summed E-state index contributed by atoms with van der Waals surface area (Å²) in [5, 5.41) is 0.254. The zero-order valence-corrected chi connectivity index (χ0v) is 13.8. The van der Waals surface area contributed by atoms with Crippen molar-refractivity contribution in [2.24, 2.45) is 0 Å². The highest BCUT2D eigenvalue weighted by atomic mass is 35.5. The van der Waals surface area contributed by atoms with Crippen molar-refractivity contribution in [3.8, 4) is 17.2 Å². The molecule has 0 fully saturated rings. The van der Waals surface area contributed by atoms with Crippen LogP contribution in [0.3, 0.4) is 0 Å². The molecule has 3 rings (SSSR count). The topological polar surface area (TPSA) is 62.1 Å². The van der Waals surface area contributed by atoms with Gasteiger partial charge in [-0.1, -0.05) is 11.6 Å². The number of hydrogen-bond acceptors (Lipinski definition) is 5. The highest BCUT2D eigenvalue weighted by Crippen LogP contribution is 2.33. The summed E-state index contributed by atoms with van der Waals surface area (Å²) in [6.45, 7) is 0.566. The van der Waals surface area contributed by atoms with Gasteiger partial charge in [-0.25, -0.2) is 15.0 Å². The maximum atomic E-state index is 12.4. The van der Waals surface area contributed by atoms with Gasteiger partial charge in [0, 0.05) is 6.07 Å². The maximum Gasteiger partial charge on any atom is 0.387 e. The maximum absolute atomic E-state index is 12.4. The number of imidazole rings is 1. The van der Waals surface area contributed by atoms with Crippen molar-refractivity contribution in [3.63, 3.8) is 0 Å². The molecule has 0 bridgehead atoms. The fraction of sp³-hybridized carbons (Fsp3) is 0.267. The molecular weight excluding hydrogens is 342 g/mol. The number of rotatable bonds is 4. The van der Waals surface area contributed by atoms with E-state index in [1.54, 1.807) is 30.5 Å². The van der Waals surface area contributed by atoms with Crippen molar-refractivity contribution < 1.29 is 18.3 Å². The summed E-state index contributed by atoms with van der Waals surface area (Å²) >= 11 is 6.12. The number of fused-ring (bicyclic) bond motifs is 1. The van der Waals surface area contributed by atoms with Crippen molar-refractivity contribution >= 4 is 22.8 Å². The molecule has 0 saturated carbocycles. The van der Waals surface area contributed by atoms with E-state index in [1.807, 2.05) is 0 Å². The van der Waals surface area contributed by atoms with Crippen molar-refractivity contribution in [2.45, 2.75) is 20.5 Å². The van der Waals surface area contributed by atoms with Gasteiger partial charge in [-0.2, -0.15) is 8.78 Å². The first kappa shape index (κ1) is 16.4. The second kappa shape index (κ2) is 6.20. The van der Waals surface area contributed by atoms with Gasteiger partial charge in [0.2, 0.25) is 0 Å². The largest absolute Gasteiger partial charge is 0.493 e. The van der Waals surface area contributed by atoms with Gasteiger partial charge in [-0.3, -0.25) is 4.57 Å². The lowest BCUT2D eigenvalue weighted by atomic mass is 10.2. The molecule has 0 aliphatic carbocycles. The molecule has 0 radical (unpaired) electrons. The van der Waals surface area contributed by atoms with E-state index in [1.165, 1.54) is 13.2 Å². The molecule has 2 aromatic heterocycles. The minimum atomic E-state index is -2.94. The predicted molar refractivity (Wildman–Crippen MR) is 84.3 cm³/mol. The van der Waals surface area contributed by atoms with Crippen LogP contribution in [-0.2, 0) is 0 Å². The van der Waals surface area contributed by atoms with E-state index < -0.39 is 6.61 Å². The first-order chi connectivity index (χ1) is 11.4. The Labute approximate surface area is 141 Å². The number of ether oxygens (including phenoxy) is 2. The van der Waals surface area contributed by atoms with E-state index >= 15 is 0 Å². The number of benzene rings is 1. The summed E-state index contributed by atoms with van der Waals surface area (Å²) in [4.78, 5) is 12.8. The van der Waals surface area contributed by atoms with Gasteiger partial charge in [0.25, 0.3) is 0 Å². The Morgan fingerprint density at radius 3 is 2.54 bits per heavy atom. The smallest absolute Gasteiger partial charge is 0.387 e. The van der Waals surface area contributed by atoms with Gasteiger partial charge in [-0.15, -0.1) is 0 Å². The van der Waals surface area contributed by atoms with E-state index in [0.717, 1.165) is 0 Å². The molecule has 0 unspecified atom stereocenters. The normalized spacial score (nSPS) is 11.3. The number of methoxy groups -OCH3 is 1. The molecule has 3 aromatic rings. The third-order valence-electron chi connectivity index (χ3n) is 3.37. The fourth-order valence-corrected chi connectivity index (χ4v) is 2.68. The average Bonchev–Trinajstić information content (AvgIpc) is 2.84. The summed E-state index contributed by atoms with van der Waals surface area (Å²) in [5.74, 6) is 1.24. The Morgan fingerprint density at radius 1 is 1.12 bits per heavy atom. The van der Waals surface area contributed by atoms with Crippen LogP contribution in [0.1, 0.15) is 11.6 Å². The van der Waals surface area contributed by atoms with Crippen LogP contribution < -0.4 is 9.47 Å². The number of aromatic nitrogens is 4. The van der Waals surface area contributed by atoms with Crippen molar-refractivity contribution in [1.29, 1.82) is 0 Å². The Balaban J connectivity index is 2.19. The summed E-state index contributed by atoms with van der Waals surface area (Å²) in [6.07, 6.45) is 0. The Hall–Kier alpha value is -2.48. The Morgan fingerprint density at radius 2 is 1.88 bits per heavy atom. The third-order valence-corrected chi connectivity index (χ3v) is 3.63. The molecule has 6 nitrogen and oxygen atoms in total. The monoisotopic (exact) mass is 354 g/mol. The molecule has 24 heavy (non-hydrogen) atoms. The summed E-state index contributed by atoms with van der Waals surface area (Å²) in [7, 11) is 1.37. The van der Waals surface area contributed by atoms with Gasteiger partial charge >= 0.3 is 6.61 Å². The van der Waals surface area contributed by atoms with Crippen LogP contribution in [0.5, 0.6) is 11.5 Å². The first-order valence-corrected chi connectivity index (χ1v) is 7.31. The molecule has 0 aliphatic rings. The number of nitrogens with zero attached hydrogens (tertiary/aromatic N) is 4. The lowest BCUT2D eigenvalue weighted by Crippen LogP contribution is -2.05. The van der Waals surface area contributed by atoms with Gasteiger partial charge in [0.05, 0.1) is 12.8 Å². The molecule has 2 heterocycles. The fourth-order valence-electron chi connectivity index (χ4n) is 2.43. The van der Waals surface area contributed by atoms with E-state index in [2.05, 4.69) is 19.7 Å². The second-order valence-electron chi connectivity index (χ2n) is 4.94. The number of hydrogen-bond donors (Lipinski definition) is 0. The van der Waals surface area contributed by atoms with Crippen LogP contribution in [0.15, 0.2) is 18.2 Å². The lowest BCUT2D eigenvalue weighted by molar-refractivity contribution is -0.0512. The summed E-state index contributed by atoms with van der Waals surface area (Å²) in [5.41, 5.74) is 1.61. The summed E-state index contributed by atoms with van der Waals surface area (Å²) in [6, 6.07) is 4.58. The van der Waals surface area contributed by atoms with Gasteiger partial charge in [0.15, 0.2) is 22.3 Å². The Kier molecular flexibility index (Phi) is 4.23. The van der Waals surface area contributed by atoms with E-state index in [9.17, 15) is 8.78 Å². The van der Waals surface area contributed by atoms with Crippen LogP contribution in [-0.4, -0.2) is 33.2 Å². The molecule has 9 heteroatoms. The molecule has 126 valence electrons. The molecule has 0 amide bonds. The predicted octanol–water partition coefficient (Wildman–Crippen LogP) is 3.70. The molecular formula is C15H13ClF2N4O2. The standard InChI is InChI=1S/C15H13ClF2N4O2/c1-7-19-13(16)12-14(20-7)22(8(2)21-12)9-4-5-10(24-15(17)18)11(6-9)23-3/h4-6,15H,1-3H3. The van der Waals surface area contributed by atoms with Crippen LogP contribution >= 0.6 is 11.6 Å². The van der Waals surface area contributed by atoms with Crippen LogP contribution in [0, 0.1) is 13.8 Å². The highest BCUT2D eigenvalue weighted by Gasteiger charge is 2.17. The van der Waals surface area contributed by atoms with Crippen molar-refractivity contribution in [3.05, 3.63) is 35.0 Å². The molecule has 1 aromatic carbocycles.